The molecular formula is C11H21IN6. The molecule has 1 aliphatic rings. The number of rotatable bonds is 5. The molecule has 1 heterocycles. The molecule has 102 valence electrons. The summed E-state index contributed by atoms with van der Waals surface area (Å²) in [6.45, 7) is 6.68. The second kappa shape index (κ2) is 7.55. The van der Waals surface area contributed by atoms with Gasteiger partial charge in [0.15, 0.2) is 5.96 Å². The quantitative estimate of drug-likeness (QED) is 0.462. The normalized spacial score (nSPS) is 22.2. The minimum atomic E-state index is 0. The largest absolute Gasteiger partial charge is 0.357 e. The van der Waals surface area contributed by atoms with E-state index < -0.39 is 0 Å². The van der Waals surface area contributed by atoms with Crippen molar-refractivity contribution in [3.05, 3.63) is 12.7 Å². The summed E-state index contributed by atoms with van der Waals surface area (Å²) in [5.74, 6) is 1.68. The first-order valence-corrected chi connectivity index (χ1v) is 6.17. The van der Waals surface area contributed by atoms with Gasteiger partial charge in [-0.05, 0) is 19.3 Å². The van der Waals surface area contributed by atoms with Crippen molar-refractivity contribution in [3.63, 3.8) is 0 Å². The van der Waals surface area contributed by atoms with E-state index in [0.29, 0.717) is 12.6 Å². The number of hydrogen-bond donors (Lipinski definition) is 2. The van der Waals surface area contributed by atoms with Gasteiger partial charge in [-0.1, -0.05) is 6.92 Å². The van der Waals surface area contributed by atoms with Crippen LogP contribution in [-0.4, -0.2) is 39.9 Å². The average Bonchev–Trinajstić information content (AvgIpc) is 2.81. The van der Waals surface area contributed by atoms with Gasteiger partial charge in [-0.2, -0.15) is 5.10 Å². The van der Waals surface area contributed by atoms with Crippen LogP contribution in [0.25, 0.3) is 0 Å². The van der Waals surface area contributed by atoms with Crippen LogP contribution in [0, 0.1) is 5.92 Å². The van der Waals surface area contributed by atoms with Crippen molar-refractivity contribution in [2.75, 3.05) is 13.1 Å². The number of halogens is 1. The van der Waals surface area contributed by atoms with Crippen molar-refractivity contribution in [1.82, 2.24) is 25.4 Å². The van der Waals surface area contributed by atoms with Gasteiger partial charge < -0.3 is 10.6 Å². The Hall–Kier alpha value is -0.860. The maximum atomic E-state index is 4.51. The number of nitrogens with one attached hydrogen (secondary N) is 2. The Bertz CT molecular complexity index is 364. The van der Waals surface area contributed by atoms with Crippen LogP contribution in [0.3, 0.4) is 0 Å². The predicted octanol–water partition coefficient (Wildman–Crippen LogP) is 0.860. The summed E-state index contributed by atoms with van der Waals surface area (Å²) in [5.41, 5.74) is 0. The second-order valence-corrected chi connectivity index (χ2v) is 4.38. The van der Waals surface area contributed by atoms with Gasteiger partial charge in [-0.3, -0.25) is 9.67 Å². The highest BCUT2D eigenvalue weighted by atomic mass is 127. The SMILES string of the molecule is CCNC(=NCCn1cncn1)NC1CC1C.I. The monoisotopic (exact) mass is 364 g/mol. The van der Waals surface area contributed by atoms with Crippen molar-refractivity contribution >= 4 is 29.9 Å². The molecule has 1 aromatic rings. The molecule has 0 amide bonds. The maximum Gasteiger partial charge on any atom is 0.191 e. The number of aromatic nitrogens is 3. The Balaban J connectivity index is 0.00000162. The molecule has 2 unspecified atom stereocenters. The molecular weight excluding hydrogens is 343 g/mol. The molecule has 0 aromatic carbocycles. The number of hydrogen-bond acceptors (Lipinski definition) is 3. The van der Waals surface area contributed by atoms with Gasteiger partial charge in [0.1, 0.15) is 12.7 Å². The highest BCUT2D eigenvalue weighted by molar-refractivity contribution is 14.0. The van der Waals surface area contributed by atoms with E-state index in [1.54, 1.807) is 17.3 Å². The Morgan fingerprint density at radius 2 is 2.33 bits per heavy atom. The number of nitrogens with zero attached hydrogens (tertiary/aromatic N) is 4. The van der Waals surface area contributed by atoms with E-state index in [1.807, 2.05) is 0 Å². The van der Waals surface area contributed by atoms with Gasteiger partial charge >= 0.3 is 0 Å². The molecule has 0 saturated heterocycles. The van der Waals surface area contributed by atoms with Gasteiger partial charge in [0, 0.05) is 12.6 Å². The Kier molecular flexibility index (Phi) is 6.37. The fourth-order valence-corrected chi connectivity index (χ4v) is 1.63. The molecule has 1 aliphatic carbocycles. The molecule has 1 saturated carbocycles. The molecule has 0 aliphatic heterocycles. The first-order valence-electron chi connectivity index (χ1n) is 6.17. The Morgan fingerprint density at radius 1 is 1.56 bits per heavy atom. The van der Waals surface area contributed by atoms with Gasteiger partial charge in [0.25, 0.3) is 0 Å². The summed E-state index contributed by atoms with van der Waals surface area (Å²) >= 11 is 0. The van der Waals surface area contributed by atoms with E-state index >= 15 is 0 Å². The van der Waals surface area contributed by atoms with Crippen LogP contribution in [0.1, 0.15) is 20.3 Å². The third-order valence-electron chi connectivity index (χ3n) is 2.84. The lowest BCUT2D eigenvalue weighted by atomic mass is 10.5. The minimum absolute atomic E-state index is 0. The van der Waals surface area contributed by atoms with E-state index in [9.17, 15) is 0 Å². The number of guanidine groups is 1. The topological polar surface area (TPSA) is 67.1 Å². The van der Waals surface area contributed by atoms with E-state index in [2.05, 4.69) is 39.6 Å². The standard InChI is InChI=1S/C11H20N6.HI/c1-3-13-11(16-10-6-9(10)2)14-4-5-17-8-12-7-15-17;/h7-10H,3-6H2,1-2H3,(H2,13,14,16);1H. The van der Waals surface area contributed by atoms with Gasteiger partial charge in [-0.15, -0.1) is 24.0 Å². The van der Waals surface area contributed by atoms with E-state index in [0.717, 1.165) is 25.0 Å². The second-order valence-electron chi connectivity index (χ2n) is 4.38. The molecule has 0 bridgehead atoms. The van der Waals surface area contributed by atoms with E-state index in [4.69, 9.17) is 0 Å². The molecule has 7 heteroatoms. The van der Waals surface area contributed by atoms with Crippen LogP contribution in [0.2, 0.25) is 0 Å². The van der Waals surface area contributed by atoms with Crippen LogP contribution in [0.15, 0.2) is 17.6 Å². The zero-order valence-corrected chi connectivity index (χ0v) is 13.2. The zero-order chi connectivity index (χ0) is 12.1. The summed E-state index contributed by atoms with van der Waals surface area (Å²) in [5, 5.41) is 10.7. The highest BCUT2D eigenvalue weighted by Crippen LogP contribution is 2.28. The fourth-order valence-electron chi connectivity index (χ4n) is 1.63. The summed E-state index contributed by atoms with van der Waals surface area (Å²) in [4.78, 5) is 8.41. The minimum Gasteiger partial charge on any atom is -0.357 e. The summed E-state index contributed by atoms with van der Waals surface area (Å²) in [6.07, 6.45) is 4.49. The van der Waals surface area contributed by atoms with Crippen LogP contribution in [0.5, 0.6) is 0 Å². The molecule has 0 radical (unpaired) electrons. The molecule has 2 atom stereocenters. The number of aliphatic imine (C=N–C) groups is 1. The Morgan fingerprint density at radius 3 is 2.89 bits per heavy atom. The molecule has 0 spiro atoms. The van der Waals surface area contributed by atoms with Crippen molar-refractivity contribution in [1.29, 1.82) is 0 Å². The summed E-state index contributed by atoms with van der Waals surface area (Å²) in [7, 11) is 0. The van der Waals surface area contributed by atoms with Crippen LogP contribution in [0.4, 0.5) is 0 Å². The van der Waals surface area contributed by atoms with Gasteiger partial charge in [0.2, 0.25) is 0 Å². The molecule has 1 aromatic heterocycles. The summed E-state index contributed by atoms with van der Waals surface area (Å²) < 4.78 is 1.78. The van der Waals surface area contributed by atoms with Crippen molar-refractivity contribution in [2.45, 2.75) is 32.9 Å². The fraction of sp³-hybridized carbons (Fsp3) is 0.727. The maximum absolute atomic E-state index is 4.51. The lowest BCUT2D eigenvalue weighted by molar-refractivity contribution is 0.620. The predicted molar refractivity (Wildman–Crippen MR) is 82.1 cm³/mol. The van der Waals surface area contributed by atoms with Gasteiger partial charge in [-0.25, -0.2) is 4.98 Å². The van der Waals surface area contributed by atoms with E-state index in [-0.39, 0.29) is 24.0 Å². The van der Waals surface area contributed by atoms with Gasteiger partial charge in [0.05, 0.1) is 13.1 Å². The van der Waals surface area contributed by atoms with Crippen molar-refractivity contribution in [2.24, 2.45) is 10.9 Å². The third kappa shape index (κ3) is 4.79. The van der Waals surface area contributed by atoms with Crippen LogP contribution < -0.4 is 10.6 Å². The zero-order valence-electron chi connectivity index (χ0n) is 10.8. The average molecular weight is 364 g/mol. The first-order chi connectivity index (χ1) is 8.29. The molecule has 18 heavy (non-hydrogen) atoms. The van der Waals surface area contributed by atoms with Crippen molar-refractivity contribution in [3.8, 4) is 0 Å². The smallest absolute Gasteiger partial charge is 0.191 e. The molecule has 1 fully saturated rings. The van der Waals surface area contributed by atoms with Crippen molar-refractivity contribution < 1.29 is 0 Å². The molecule has 6 nitrogen and oxygen atoms in total. The lowest BCUT2D eigenvalue weighted by Gasteiger charge is -2.10. The van der Waals surface area contributed by atoms with Crippen LogP contribution in [-0.2, 0) is 6.54 Å². The lowest BCUT2D eigenvalue weighted by Crippen LogP contribution is -2.39. The van der Waals surface area contributed by atoms with E-state index in [1.165, 1.54) is 6.42 Å². The summed E-state index contributed by atoms with van der Waals surface area (Å²) in [6, 6.07) is 0.596. The third-order valence-corrected chi connectivity index (χ3v) is 2.84. The van der Waals surface area contributed by atoms with Crippen LogP contribution >= 0.6 is 24.0 Å². The first kappa shape index (κ1) is 15.2. The molecule has 2 rings (SSSR count). The Labute approximate surface area is 125 Å². The highest BCUT2D eigenvalue weighted by Gasteiger charge is 2.33. The molecule has 2 N–H and O–H groups in total.